The van der Waals surface area contributed by atoms with Crippen molar-refractivity contribution in [3.05, 3.63) is 28.5 Å². The molecule has 0 aliphatic rings. The van der Waals surface area contributed by atoms with Gasteiger partial charge in [0.1, 0.15) is 11.6 Å². The van der Waals surface area contributed by atoms with Crippen LogP contribution in [0.15, 0.2) is 22.7 Å². The van der Waals surface area contributed by atoms with Gasteiger partial charge in [-0.3, -0.25) is 0 Å². The van der Waals surface area contributed by atoms with Crippen LogP contribution in [0.3, 0.4) is 0 Å². The van der Waals surface area contributed by atoms with Crippen LogP contribution in [0, 0.1) is 5.82 Å². The molecule has 0 aliphatic heterocycles. The highest BCUT2D eigenvalue weighted by Crippen LogP contribution is 2.22. The zero-order valence-corrected chi connectivity index (χ0v) is 8.95. The Hall–Kier alpha value is -0.710. The zero-order valence-electron chi connectivity index (χ0n) is 7.36. The van der Waals surface area contributed by atoms with Crippen LogP contribution >= 0.6 is 15.9 Å². The summed E-state index contributed by atoms with van der Waals surface area (Å²) >= 11 is 2.94. The summed E-state index contributed by atoms with van der Waals surface area (Å²) in [5, 5.41) is 0. The molecule has 0 saturated heterocycles. The quantitative estimate of drug-likeness (QED) is 0.814. The minimum atomic E-state index is -2.91. The van der Waals surface area contributed by atoms with E-state index in [-0.39, 0.29) is 10.2 Å². The molecule has 0 fully saturated rings. The topological polar surface area (TPSA) is 9.23 Å². The van der Waals surface area contributed by atoms with Crippen molar-refractivity contribution in [2.45, 2.75) is 12.8 Å². The molecule has 0 saturated carbocycles. The third kappa shape index (κ3) is 3.57. The molecule has 0 unspecified atom stereocenters. The molecule has 0 radical (unpaired) electrons. The van der Waals surface area contributed by atoms with Crippen LogP contribution in [-0.4, -0.2) is 12.5 Å². The second-order valence-corrected chi connectivity index (χ2v) is 3.79. The summed E-state index contributed by atoms with van der Waals surface area (Å²) < 4.78 is 42.6. The highest BCUT2D eigenvalue weighted by Gasteiger charge is 2.22. The van der Waals surface area contributed by atoms with Crippen molar-refractivity contribution in [3.63, 3.8) is 0 Å². The van der Waals surface area contributed by atoms with Gasteiger partial charge in [0.05, 0.1) is 4.47 Å². The van der Waals surface area contributed by atoms with Crippen molar-refractivity contribution >= 4 is 15.9 Å². The van der Waals surface area contributed by atoms with Gasteiger partial charge >= 0.3 is 0 Å². The zero-order chi connectivity index (χ0) is 10.8. The van der Waals surface area contributed by atoms with Crippen molar-refractivity contribution in [1.82, 2.24) is 0 Å². The van der Waals surface area contributed by atoms with E-state index in [9.17, 15) is 13.2 Å². The lowest BCUT2D eigenvalue weighted by molar-refractivity contribution is -0.0230. The number of hydrogen-bond donors (Lipinski definition) is 0. The molecule has 0 atom stereocenters. The fourth-order valence-electron chi connectivity index (χ4n) is 0.777. The number of ether oxygens (including phenoxy) is 1. The Labute approximate surface area is 88.0 Å². The molecule has 5 heteroatoms. The number of benzene rings is 1. The Morgan fingerprint density at radius 3 is 2.57 bits per heavy atom. The molecule has 0 N–H and O–H groups in total. The Kier molecular flexibility index (Phi) is 3.42. The van der Waals surface area contributed by atoms with Gasteiger partial charge in [-0.05, 0) is 28.1 Å². The first-order chi connectivity index (χ1) is 6.38. The standard InChI is InChI=1S/C9H8BrF3O/c1-9(12,13)5-14-6-2-3-7(10)8(11)4-6/h2-4H,5H2,1H3. The number of alkyl halides is 2. The lowest BCUT2D eigenvalue weighted by Crippen LogP contribution is -2.20. The highest BCUT2D eigenvalue weighted by atomic mass is 79.9. The molecule has 1 nitrogen and oxygen atoms in total. The van der Waals surface area contributed by atoms with Crippen LogP contribution in [0.4, 0.5) is 13.2 Å². The molecular weight excluding hydrogens is 261 g/mol. The largest absolute Gasteiger partial charge is 0.487 e. The van der Waals surface area contributed by atoms with Crippen molar-refractivity contribution in [2.24, 2.45) is 0 Å². The first kappa shape index (κ1) is 11.4. The van der Waals surface area contributed by atoms with Gasteiger partial charge in [-0.2, -0.15) is 0 Å². The van der Waals surface area contributed by atoms with Crippen LogP contribution < -0.4 is 4.74 Å². The fourth-order valence-corrected chi connectivity index (χ4v) is 1.02. The first-order valence-corrected chi connectivity index (χ1v) is 4.63. The van der Waals surface area contributed by atoms with E-state index in [1.54, 1.807) is 0 Å². The average Bonchev–Trinajstić information content (AvgIpc) is 2.06. The molecule has 1 rings (SSSR count). The third-order valence-electron chi connectivity index (χ3n) is 1.38. The van der Waals surface area contributed by atoms with E-state index in [0.29, 0.717) is 0 Å². The Morgan fingerprint density at radius 2 is 2.07 bits per heavy atom. The molecule has 0 aliphatic carbocycles. The first-order valence-electron chi connectivity index (χ1n) is 3.84. The molecule has 0 bridgehead atoms. The van der Waals surface area contributed by atoms with Crippen LogP contribution in [-0.2, 0) is 0 Å². The predicted molar refractivity (Wildman–Crippen MR) is 50.2 cm³/mol. The molecule has 0 amide bonds. The van der Waals surface area contributed by atoms with E-state index in [4.69, 9.17) is 4.74 Å². The highest BCUT2D eigenvalue weighted by molar-refractivity contribution is 9.10. The van der Waals surface area contributed by atoms with E-state index in [1.165, 1.54) is 12.1 Å². The van der Waals surface area contributed by atoms with Gasteiger partial charge in [-0.15, -0.1) is 0 Å². The molecule has 14 heavy (non-hydrogen) atoms. The predicted octanol–water partition coefficient (Wildman–Crippen LogP) is 3.62. The van der Waals surface area contributed by atoms with Crippen molar-refractivity contribution in [2.75, 3.05) is 6.61 Å². The second-order valence-electron chi connectivity index (χ2n) is 2.93. The van der Waals surface area contributed by atoms with Gasteiger partial charge in [0.25, 0.3) is 5.92 Å². The van der Waals surface area contributed by atoms with E-state index >= 15 is 0 Å². The summed E-state index contributed by atoms with van der Waals surface area (Å²) in [5.74, 6) is -3.36. The Bertz CT molecular complexity index is 322. The van der Waals surface area contributed by atoms with Crippen LogP contribution in [0.5, 0.6) is 5.75 Å². The summed E-state index contributed by atoms with van der Waals surface area (Å²) in [6, 6.07) is 3.87. The van der Waals surface area contributed by atoms with Crippen molar-refractivity contribution < 1.29 is 17.9 Å². The lowest BCUT2D eigenvalue weighted by Gasteiger charge is -2.11. The van der Waals surface area contributed by atoms with E-state index < -0.39 is 18.3 Å². The van der Waals surface area contributed by atoms with E-state index in [2.05, 4.69) is 15.9 Å². The van der Waals surface area contributed by atoms with Gasteiger partial charge < -0.3 is 4.74 Å². The smallest absolute Gasteiger partial charge is 0.278 e. The van der Waals surface area contributed by atoms with Crippen molar-refractivity contribution in [3.8, 4) is 5.75 Å². The maximum Gasteiger partial charge on any atom is 0.278 e. The number of hydrogen-bond acceptors (Lipinski definition) is 1. The number of halogens is 4. The van der Waals surface area contributed by atoms with Crippen LogP contribution in [0.1, 0.15) is 6.92 Å². The summed E-state index contributed by atoms with van der Waals surface area (Å²) in [4.78, 5) is 0. The van der Waals surface area contributed by atoms with Crippen molar-refractivity contribution in [1.29, 1.82) is 0 Å². The Morgan fingerprint density at radius 1 is 1.43 bits per heavy atom. The fraction of sp³-hybridized carbons (Fsp3) is 0.333. The summed E-state index contributed by atoms with van der Waals surface area (Å²) in [5.41, 5.74) is 0. The normalized spacial score (nSPS) is 11.5. The minimum Gasteiger partial charge on any atom is -0.487 e. The van der Waals surface area contributed by atoms with Gasteiger partial charge in [0.2, 0.25) is 0 Å². The monoisotopic (exact) mass is 268 g/mol. The summed E-state index contributed by atoms with van der Waals surface area (Å²) in [6.07, 6.45) is 0. The molecule has 1 aromatic rings. The second kappa shape index (κ2) is 4.21. The maximum atomic E-state index is 12.9. The number of rotatable bonds is 3. The van der Waals surface area contributed by atoms with Gasteiger partial charge in [-0.1, -0.05) is 0 Å². The molecular formula is C9H8BrF3O. The lowest BCUT2D eigenvalue weighted by atomic mass is 10.3. The van der Waals surface area contributed by atoms with Crippen LogP contribution in [0.2, 0.25) is 0 Å². The minimum absolute atomic E-state index is 0.0900. The van der Waals surface area contributed by atoms with Gasteiger partial charge in [0, 0.05) is 13.0 Å². The summed E-state index contributed by atoms with van der Waals surface area (Å²) in [7, 11) is 0. The molecule has 0 aromatic heterocycles. The third-order valence-corrected chi connectivity index (χ3v) is 2.03. The average molecular weight is 269 g/mol. The van der Waals surface area contributed by atoms with E-state index in [0.717, 1.165) is 13.0 Å². The van der Waals surface area contributed by atoms with Gasteiger partial charge in [0.15, 0.2) is 6.61 Å². The summed E-state index contributed by atoms with van der Waals surface area (Å²) in [6.45, 7) is -0.0176. The Balaban J connectivity index is 2.65. The molecule has 0 spiro atoms. The molecule has 78 valence electrons. The SMILES string of the molecule is CC(F)(F)COc1ccc(Br)c(F)c1. The molecule has 0 heterocycles. The maximum absolute atomic E-state index is 12.9. The van der Waals surface area contributed by atoms with Crippen LogP contribution in [0.25, 0.3) is 0 Å². The van der Waals surface area contributed by atoms with Gasteiger partial charge in [-0.25, -0.2) is 13.2 Å². The molecule has 1 aromatic carbocycles. The van der Waals surface area contributed by atoms with E-state index in [1.807, 2.05) is 0 Å².